The Hall–Kier alpha value is -1.54. The van der Waals surface area contributed by atoms with Gasteiger partial charge in [0.25, 0.3) is 0 Å². The molecule has 1 aliphatic heterocycles. The monoisotopic (exact) mass is 332 g/mol. The van der Waals surface area contributed by atoms with E-state index in [-0.39, 0.29) is 18.3 Å². The summed E-state index contributed by atoms with van der Waals surface area (Å²) in [6.45, 7) is 3.29. The van der Waals surface area contributed by atoms with Gasteiger partial charge in [0.15, 0.2) is 4.90 Å². The number of carbonyl (C=O) groups is 1. The Kier molecular flexibility index (Phi) is 4.81. The minimum Gasteiger partial charge on any atom is -0.326 e. The van der Waals surface area contributed by atoms with Crippen LogP contribution in [0.15, 0.2) is 17.0 Å². The largest absolute Gasteiger partial charge is 0.326 e. The fourth-order valence-corrected chi connectivity index (χ4v) is 4.59. The van der Waals surface area contributed by atoms with Crippen molar-refractivity contribution >= 4 is 21.6 Å². The van der Waals surface area contributed by atoms with Gasteiger partial charge in [-0.3, -0.25) is 4.79 Å². The Bertz CT molecular complexity index is 668. The first-order valence-corrected chi connectivity index (χ1v) is 8.49. The highest BCUT2D eigenvalue weighted by atomic mass is 32.2. The highest BCUT2D eigenvalue weighted by Gasteiger charge is 2.37. The number of hydrogen-bond donors (Lipinski definition) is 1. The molecule has 0 spiro atoms. The predicted octanol–water partition coefficient (Wildman–Crippen LogP) is 2.49. The third-order valence-electron chi connectivity index (χ3n) is 3.68. The zero-order chi connectivity index (χ0) is 16.5. The van der Waals surface area contributed by atoms with Crippen molar-refractivity contribution in [2.45, 2.75) is 44.0 Å². The Morgan fingerprint density at radius 2 is 1.95 bits per heavy atom. The first kappa shape index (κ1) is 16.8. The average Bonchev–Trinajstić information content (AvgIpc) is 2.85. The molecular weight excluding hydrogens is 314 g/mol. The lowest BCUT2D eigenvalue weighted by molar-refractivity contribution is -0.114. The molecule has 0 radical (unpaired) electrons. The van der Waals surface area contributed by atoms with Crippen LogP contribution in [0.25, 0.3) is 0 Å². The van der Waals surface area contributed by atoms with E-state index >= 15 is 0 Å². The number of carbonyl (C=O) groups excluding carboxylic acids is 1. The Morgan fingerprint density at radius 1 is 1.36 bits per heavy atom. The van der Waals surface area contributed by atoms with Crippen LogP contribution >= 0.6 is 0 Å². The molecule has 0 bridgehead atoms. The van der Waals surface area contributed by atoms with E-state index in [1.54, 1.807) is 0 Å². The summed E-state index contributed by atoms with van der Waals surface area (Å²) in [5.74, 6) is -2.91. The lowest BCUT2D eigenvalue weighted by Gasteiger charge is -2.23. The van der Waals surface area contributed by atoms with Gasteiger partial charge < -0.3 is 5.32 Å². The third-order valence-corrected chi connectivity index (χ3v) is 5.68. The van der Waals surface area contributed by atoms with Crippen LogP contribution in [0, 0.1) is 11.6 Å². The van der Waals surface area contributed by atoms with E-state index in [4.69, 9.17) is 0 Å². The molecule has 1 aliphatic rings. The number of halogens is 2. The summed E-state index contributed by atoms with van der Waals surface area (Å²) in [6.07, 6.45) is 1.94. The van der Waals surface area contributed by atoms with Crippen LogP contribution in [0.2, 0.25) is 0 Å². The number of benzene rings is 1. The summed E-state index contributed by atoms with van der Waals surface area (Å²) in [6, 6.07) is 1.39. The summed E-state index contributed by atoms with van der Waals surface area (Å²) < 4.78 is 54.5. The normalized spacial score (nSPS) is 19.4. The van der Waals surface area contributed by atoms with Gasteiger partial charge in [-0.05, 0) is 31.4 Å². The van der Waals surface area contributed by atoms with Crippen molar-refractivity contribution in [2.24, 2.45) is 0 Å². The maximum absolute atomic E-state index is 14.1. The van der Waals surface area contributed by atoms with E-state index < -0.39 is 32.5 Å². The minimum absolute atomic E-state index is 0.116. The molecule has 1 N–H and O–H groups in total. The second kappa shape index (κ2) is 6.29. The molecule has 0 aromatic heterocycles. The summed E-state index contributed by atoms with van der Waals surface area (Å²) in [5, 5.41) is 2.23. The highest BCUT2D eigenvalue weighted by molar-refractivity contribution is 7.89. The molecule has 5 nitrogen and oxygen atoms in total. The van der Waals surface area contributed by atoms with Gasteiger partial charge in [0, 0.05) is 25.2 Å². The number of sulfonamides is 1. The Morgan fingerprint density at radius 3 is 2.45 bits per heavy atom. The van der Waals surface area contributed by atoms with Crippen molar-refractivity contribution in [3.8, 4) is 0 Å². The molecule has 1 aromatic rings. The molecule has 1 fully saturated rings. The van der Waals surface area contributed by atoms with Crippen LogP contribution in [0.1, 0.15) is 33.1 Å². The number of anilines is 1. The third kappa shape index (κ3) is 3.12. The molecule has 122 valence electrons. The molecule has 1 saturated heterocycles. The molecular formula is C14H18F2N2O3S. The second-order valence-electron chi connectivity index (χ2n) is 5.27. The van der Waals surface area contributed by atoms with Crippen molar-refractivity contribution in [1.29, 1.82) is 0 Å². The predicted molar refractivity (Wildman–Crippen MR) is 77.9 cm³/mol. The van der Waals surface area contributed by atoms with Gasteiger partial charge in [-0.1, -0.05) is 6.92 Å². The number of nitrogens with zero attached hydrogens (tertiary/aromatic N) is 1. The summed E-state index contributed by atoms with van der Waals surface area (Å²) >= 11 is 0. The van der Waals surface area contributed by atoms with Crippen LogP contribution in [-0.4, -0.2) is 31.2 Å². The van der Waals surface area contributed by atoms with Gasteiger partial charge in [0.1, 0.15) is 11.6 Å². The van der Waals surface area contributed by atoms with Crippen molar-refractivity contribution in [1.82, 2.24) is 4.31 Å². The zero-order valence-corrected chi connectivity index (χ0v) is 13.2. The maximum atomic E-state index is 14.1. The lowest BCUT2D eigenvalue weighted by Crippen LogP contribution is -2.36. The molecule has 1 heterocycles. The average molecular weight is 332 g/mol. The van der Waals surface area contributed by atoms with Crippen LogP contribution in [0.4, 0.5) is 14.5 Å². The fraction of sp³-hybridized carbons (Fsp3) is 0.500. The van der Waals surface area contributed by atoms with Gasteiger partial charge >= 0.3 is 0 Å². The SMILES string of the molecule is CC[C@H]1CCCN1S(=O)(=O)c1c(F)cc(NC(C)=O)cc1F. The van der Waals surface area contributed by atoms with Crippen LogP contribution in [-0.2, 0) is 14.8 Å². The van der Waals surface area contributed by atoms with E-state index in [1.165, 1.54) is 6.92 Å². The molecule has 22 heavy (non-hydrogen) atoms. The Labute approximate surface area is 128 Å². The number of nitrogens with one attached hydrogen (secondary N) is 1. The van der Waals surface area contributed by atoms with E-state index in [0.717, 1.165) is 16.4 Å². The van der Waals surface area contributed by atoms with E-state index in [0.29, 0.717) is 19.3 Å². The van der Waals surface area contributed by atoms with E-state index in [2.05, 4.69) is 5.32 Å². The second-order valence-corrected chi connectivity index (χ2v) is 7.10. The fourth-order valence-electron chi connectivity index (χ4n) is 2.73. The number of amides is 1. The molecule has 1 atom stereocenters. The van der Waals surface area contributed by atoms with Crippen molar-refractivity contribution in [2.75, 3.05) is 11.9 Å². The van der Waals surface area contributed by atoms with Crippen molar-refractivity contribution < 1.29 is 22.0 Å². The van der Waals surface area contributed by atoms with E-state index in [9.17, 15) is 22.0 Å². The van der Waals surface area contributed by atoms with Crippen LogP contribution in [0.3, 0.4) is 0 Å². The summed E-state index contributed by atoms with van der Waals surface area (Å²) in [4.78, 5) is 9.97. The topological polar surface area (TPSA) is 66.5 Å². The van der Waals surface area contributed by atoms with Crippen molar-refractivity contribution in [3.05, 3.63) is 23.8 Å². The quantitative estimate of drug-likeness (QED) is 0.921. The minimum atomic E-state index is -4.24. The lowest BCUT2D eigenvalue weighted by atomic mass is 10.2. The number of rotatable bonds is 4. The molecule has 0 unspecified atom stereocenters. The standard InChI is InChI=1S/C14H18F2N2O3S/c1-3-11-5-4-6-18(11)22(20,21)14-12(15)7-10(8-13(14)16)17-9(2)19/h7-8,11H,3-6H2,1-2H3,(H,17,19)/t11-/m0/s1. The highest BCUT2D eigenvalue weighted by Crippen LogP contribution is 2.31. The molecule has 1 amide bonds. The first-order chi connectivity index (χ1) is 10.3. The zero-order valence-electron chi connectivity index (χ0n) is 12.4. The molecule has 2 rings (SSSR count). The van der Waals surface area contributed by atoms with Gasteiger partial charge in [-0.2, -0.15) is 4.31 Å². The van der Waals surface area contributed by atoms with E-state index in [1.807, 2.05) is 6.92 Å². The summed E-state index contributed by atoms with van der Waals surface area (Å²) in [7, 11) is -4.24. The van der Waals surface area contributed by atoms with Gasteiger partial charge in [0.2, 0.25) is 15.9 Å². The maximum Gasteiger partial charge on any atom is 0.249 e. The molecule has 8 heteroatoms. The first-order valence-electron chi connectivity index (χ1n) is 7.05. The van der Waals surface area contributed by atoms with Crippen LogP contribution in [0.5, 0.6) is 0 Å². The smallest absolute Gasteiger partial charge is 0.249 e. The Balaban J connectivity index is 2.45. The van der Waals surface area contributed by atoms with Gasteiger partial charge in [-0.25, -0.2) is 17.2 Å². The summed E-state index contributed by atoms with van der Waals surface area (Å²) in [5.41, 5.74) is -0.116. The molecule has 0 aliphatic carbocycles. The van der Waals surface area contributed by atoms with Crippen LogP contribution < -0.4 is 5.32 Å². The van der Waals surface area contributed by atoms with Gasteiger partial charge in [-0.15, -0.1) is 0 Å². The molecule has 1 aromatic carbocycles. The number of hydrogen-bond acceptors (Lipinski definition) is 3. The van der Waals surface area contributed by atoms with Gasteiger partial charge in [0.05, 0.1) is 0 Å². The van der Waals surface area contributed by atoms with Crippen molar-refractivity contribution in [3.63, 3.8) is 0 Å². The molecule has 0 saturated carbocycles.